The molecule has 0 saturated heterocycles. The first-order valence-electron chi connectivity index (χ1n) is 16.5. The summed E-state index contributed by atoms with van der Waals surface area (Å²) in [6.45, 7) is 13.6. The molecule has 0 spiro atoms. The van der Waals surface area contributed by atoms with Gasteiger partial charge in [-0.15, -0.1) is 0 Å². The van der Waals surface area contributed by atoms with Gasteiger partial charge in [0, 0.05) is 0 Å². The summed E-state index contributed by atoms with van der Waals surface area (Å²) >= 11 is 0. The highest BCUT2D eigenvalue weighted by Crippen LogP contribution is 2.34. The third-order valence-electron chi connectivity index (χ3n) is 8.82. The van der Waals surface area contributed by atoms with Gasteiger partial charge in [-0.05, 0) is 108 Å². The summed E-state index contributed by atoms with van der Waals surface area (Å²) in [5, 5.41) is 0. The number of sulfone groups is 1. The van der Waals surface area contributed by atoms with E-state index in [0.717, 1.165) is 24.3 Å². The predicted octanol–water partition coefficient (Wildman–Crippen LogP) is 11.8. The second kappa shape index (κ2) is 15.1. The SMILES string of the molecule is CCCCCC(C)(C)c1ccc(Oc2ccc(S(=O)(=O)c3ccc(Oc4ccc(C(C)(C)CCCCC)cc4)cc3)cc2)cc1. The van der Waals surface area contributed by atoms with Crippen molar-refractivity contribution >= 4 is 9.84 Å². The van der Waals surface area contributed by atoms with E-state index in [2.05, 4.69) is 65.8 Å². The van der Waals surface area contributed by atoms with E-state index in [1.165, 1.54) is 49.7 Å². The first kappa shape index (κ1) is 34.3. The molecule has 0 bridgehead atoms. The lowest BCUT2D eigenvalue weighted by Gasteiger charge is -2.25. The molecular weight excluding hydrogens is 577 g/mol. The van der Waals surface area contributed by atoms with Crippen molar-refractivity contribution in [2.45, 2.75) is 114 Å². The molecule has 0 aromatic heterocycles. The Morgan fingerprint density at radius 2 is 0.756 bits per heavy atom. The Balaban J connectivity index is 1.36. The van der Waals surface area contributed by atoms with Crippen molar-refractivity contribution in [3.05, 3.63) is 108 Å². The highest BCUT2D eigenvalue weighted by atomic mass is 32.2. The molecule has 0 saturated carbocycles. The van der Waals surface area contributed by atoms with Crippen LogP contribution in [0.4, 0.5) is 0 Å². The van der Waals surface area contributed by atoms with Gasteiger partial charge in [0.25, 0.3) is 0 Å². The Kier molecular flexibility index (Phi) is 11.5. The van der Waals surface area contributed by atoms with Crippen molar-refractivity contribution < 1.29 is 17.9 Å². The number of hydrogen-bond donors (Lipinski definition) is 0. The Labute approximate surface area is 271 Å². The Morgan fingerprint density at radius 1 is 0.467 bits per heavy atom. The van der Waals surface area contributed by atoms with Gasteiger partial charge in [-0.1, -0.05) is 104 Å². The zero-order chi connectivity index (χ0) is 32.5. The minimum atomic E-state index is -3.69. The summed E-state index contributed by atoms with van der Waals surface area (Å²) < 4.78 is 38.7. The lowest BCUT2D eigenvalue weighted by Crippen LogP contribution is -2.16. The molecular formula is C40H50O4S. The van der Waals surface area contributed by atoms with Gasteiger partial charge in [0.2, 0.25) is 9.84 Å². The molecule has 240 valence electrons. The maximum absolute atomic E-state index is 13.3. The molecule has 0 aliphatic rings. The number of rotatable bonds is 16. The summed E-state index contributed by atoms with van der Waals surface area (Å²) in [5.41, 5.74) is 2.81. The second-order valence-electron chi connectivity index (χ2n) is 13.4. The quantitative estimate of drug-likeness (QED) is 0.116. The van der Waals surface area contributed by atoms with Crippen LogP contribution in [0.5, 0.6) is 23.0 Å². The summed E-state index contributed by atoms with van der Waals surface area (Å²) in [6.07, 6.45) is 9.70. The maximum Gasteiger partial charge on any atom is 0.206 e. The third-order valence-corrected chi connectivity index (χ3v) is 10.6. The summed E-state index contributed by atoms with van der Waals surface area (Å²) in [6, 6.07) is 29.6. The Morgan fingerprint density at radius 3 is 1.04 bits per heavy atom. The zero-order valence-corrected chi connectivity index (χ0v) is 28.8. The summed E-state index contributed by atoms with van der Waals surface area (Å²) in [4.78, 5) is 0.426. The minimum Gasteiger partial charge on any atom is -0.457 e. The van der Waals surface area contributed by atoms with Crippen molar-refractivity contribution in [2.24, 2.45) is 0 Å². The highest BCUT2D eigenvalue weighted by Gasteiger charge is 2.22. The molecule has 0 fully saturated rings. The molecule has 4 aromatic rings. The van der Waals surface area contributed by atoms with E-state index >= 15 is 0 Å². The van der Waals surface area contributed by atoms with Gasteiger partial charge in [-0.25, -0.2) is 8.42 Å². The molecule has 0 unspecified atom stereocenters. The number of benzene rings is 4. The molecule has 0 N–H and O–H groups in total. The topological polar surface area (TPSA) is 52.6 Å². The van der Waals surface area contributed by atoms with E-state index in [1.54, 1.807) is 48.5 Å². The van der Waals surface area contributed by atoms with Gasteiger partial charge in [-0.2, -0.15) is 0 Å². The van der Waals surface area contributed by atoms with Crippen LogP contribution in [0.3, 0.4) is 0 Å². The zero-order valence-electron chi connectivity index (χ0n) is 27.9. The van der Waals surface area contributed by atoms with Crippen LogP contribution in [0, 0.1) is 0 Å². The van der Waals surface area contributed by atoms with Crippen LogP contribution >= 0.6 is 0 Å². The molecule has 4 aromatic carbocycles. The Hall–Kier alpha value is -3.57. The van der Waals surface area contributed by atoms with Gasteiger partial charge in [0.1, 0.15) is 23.0 Å². The molecule has 0 amide bonds. The first-order valence-corrected chi connectivity index (χ1v) is 17.9. The van der Waals surface area contributed by atoms with Crippen LogP contribution in [-0.4, -0.2) is 8.42 Å². The van der Waals surface area contributed by atoms with E-state index in [0.29, 0.717) is 11.5 Å². The molecule has 0 heterocycles. The van der Waals surface area contributed by atoms with Crippen LogP contribution in [0.2, 0.25) is 0 Å². The smallest absolute Gasteiger partial charge is 0.206 e. The molecule has 4 nitrogen and oxygen atoms in total. The van der Waals surface area contributed by atoms with Crippen LogP contribution in [-0.2, 0) is 20.7 Å². The summed E-state index contributed by atoms with van der Waals surface area (Å²) in [7, 11) is -3.69. The van der Waals surface area contributed by atoms with Crippen molar-refractivity contribution in [3.63, 3.8) is 0 Å². The lowest BCUT2D eigenvalue weighted by atomic mass is 9.80. The standard InChI is InChI=1S/C40H50O4S/c1-7-9-11-29-39(3,4)31-13-17-33(18-14-31)43-35-21-25-37(26-22-35)45(41,42)38-27-23-36(24-28-38)44-34-19-15-32(16-20-34)40(5,6)30-12-10-8-2/h13-28H,7-12,29-30H2,1-6H3. The van der Waals surface area contributed by atoms with E-state index in [1.807, 2.05) is 24.3 Å². The van der Waals surface area contributed by atoms with Gasteiger partial charge in [-0.3, -0.25) is 0 Å². The van der Waals surface area contributed by atoms with E-state index < -0.39 is 9.84 Å². The largest absolute Gasteiger partial charge is 0.457 e. The fourth-order valence-corrected chi connectivity index (χ4v) is 6.91. The van der Waals surface area contributed by atoms with Crippen LogP contribution in [0.1, 0.15) is 104 Å². The Bertz CT molecular complexity index is 1470. The molecule has 0 aliphatic heterocycles. The van der Waals surface area contributed by atoms with Gasteiger partial charge in [0.05, 0.1) is 9.79 Å². The monoisotopic (exact) mass is 626 g/mol. The highest BCUT2D eigenvalue weighted by molar-refractivity contribution is 7.91. The van der Waals surface area contributed by atoms with E-state index in [9.17, 15) is 8.42 Å². The maximum atomic E-state index is 13.3. The molecule has 0 aliphatic carbocycles. The molecule has 0 atom stereocenters. The molecule has 5 heteroatoms. The van der Waals surface area contributed by atoms with Gasteiger partial charge in [0.15, 0.2) is 0 Å². The fraction of sp³-hybridized carbons (Fsp3) is 0.400. The van der Waals surface area contributed by atoms with Crippen LogP contribution in [0.15, 0.2) is 107 Å². The first-order chi connectivity index (χ1) is 21.4. The average molecular weight is 627 g/mol. The van der Waals surface area contributed by atoms with Crippen molar-refractivity contribution in [1.29, 1.82) is 0 Å². The molecule has 0 radical (unpaired) electrons. The van der Waals surface area contributed by atoms with E-state index in [-0.39, 0.29) is 20.6 Å². The number of hydrogen-bond acceptors (Lipinski definition) is 4. The van der Waals surface area contributed by atoms with Crippen LogP contribution < -0.4 is 9.47 Å². The fourth-order valence-electron chi connectivity index (χ4n) is 5.65. The number of unbranched alkanes of at least 4 members (excludes halogenated alkanes) is 4. The third kappa shape index (κ3) is 9.23. The van der Waals surface area contributed by atoms with Crippen molar-refractivity contribution in [1.82, 2.24) is 0 Å². The van der Waals surface area contributed by atoms with Crippen LogP contribution in [0.25, 0.3) is 0 Å². The predicted molar refractivity (Wildman–Crippen MR) is 186 cm³/mol. The molecule has 45 heavy (non-hydrogen) atoms. The van der Waals surface area contributed by atoms with Crippen molar-refractivity contribution in [3.8, 4) is 23.0 Å². The summed E-state index contributed by atoms with van der Waals surface area (Å²) in [5.74, 6) is 2.62. The van der Waals surface area contributed by atoms with Gasteiger partial charge >= 0.3 is 0 Å². The minimum absolute atomic E-state index is 0.115. The lowest BCUT2D eigenvalue weighted by molar-refractivity contribution is 0.447. The molecule has 4 rings (SSSR count). The number of ether oxygens (including phenoxy) is 2. The second-order valence-corrected chi connectivity index (χ2v) is 15.3. The average Bonchev–Trinajstić information content (AvgIpc) is 3.02. The van der Waals surface area contributed by atoms with Gasteiger partial charge < -0.3 is 9.47 Å². The normalized spacial score (nSPS) is 12.2. The van der Waals surface area contributed by atoms with E-state index in [4.69, 9.17) is 9.47 Å². The van der Waals surface area contributed by atoms with Crippen molar-refractivity contribution in [2.75, 3.05) is 0 Å².